The van der Waals surface area contributed by atoms with Gasteiger partial charge in [0.15, 0.2) is 0 Å². The molecular weight excluding hydrogens is 254 g/mol. The number of carbonyl (C=O) groups excluding carboxylic acids is 1. The minimum Gasteiger partial charge on any atom is -0.480 e. The summed E-state index contributed by atoms with van der Waals surface area (Å²) in [5.74, 6) is -1.12. The van der Waals surface area contributed by atoms with E-state index in [4.69, 9.17) is 5.11 Å². The number of carboxylic acid groups (broad SMARTS) is 1. The lowest BCUT2D eigenvalue weighted by Crippen LogP contribution is -2.53. The molecule has 0 heterocycles. The smallest absolute Gasteiger partial charge is 0.326 e. The predicted molar refractivity (Wildman–Crippen MR) is 76.6 cm³/mol. The van der Waals surface area contributed by atoms with Crippen LogP contribution in [-0.4, -0.2) is 23.0 Å². The summed E-state index contributed by atoms with van der Waals surface area (Å²) in [6.07, 6.45) is 2.98. The zero-order valence-corrected chi connectivity index (χ0v) is 12.0. The minimum atomic E-state index is -0.973. The third-order valence-electron chi connectivity index (χ3n) is 4.22. The first kappa shape index (κ1) is 14.6. The Labute approximate surface area is 119 Å². The van der Waals surface area contributed by atoms with Gasteiger partial charge in [-0.2, -0.15) is 0 Å². The maximum Gasteiger partial charge on any atom is 0.326 e. The average molecular weight is 275 g/mol. The molecule has 1 aliphatic rings. The van der Waals surface area contributed by atoms with Gasteiger partial charge >= 0.3 is 5.97 Å². The molecule has 0 saturated heterocycles. The molecule has 108 valence electrons. The second-order valence-electron chi connectivity index (χ2n) is 5.58. The maximum atomic E-state index is 12.6. The van der Waals surface area contributed by atoms with Crippen molar-refractivity contribution < 1.29 is 14.7 Å². The largest absolute Gasteiger partial charge is 0.480 e. The molecule has 0 bridgehead atoms. The number of hydrogen-bond acceptors (Lipinski definition) is 2. The molecule has 1 atom stereocenters. The Morgan fingerprint density at radius 2 is 2.10 bits per heavy atom. The second kappa shape index (κ2) is 5.65. The molecule has 0 radical (unpaired) electrons. The number of hydrogen-bond donors (Lipinski definition) is 2. The third-order valence-corrected chi connectivity index (χ3v) is 4.22. The van der Waals surface area contributed by atoms with Crippen LogP contribution in [0.3, 0.4) is 0 Å². The van der Waals surface area contributed by atoms with E-state index in [-0.39, 0.29) is 5.91 Å². The molecule has 2 N–H and O–H groups in total. The lowest BCUT2D eigenvalue weighted by Gasteiger charge is -2.41. The first-order valence-electron chi connectivity index (χ1n) is 7.10. The summed E-state index contributed by atoms with van der Waals surface area (Å²) < 4.78 is 0. The first-order valence-corrected chi connectivity index (χ1v) is 7.10. The Balaban J connectivity index is 2.23. The molecular formula is C16H21NO3. The van der Waals surface area contributed by atoms with Crippen LogP contribution in [0.4, 0.5) is 0 Å². The normalized spacial score (nSPS) is 17.9. The number of rotatable bonds is 5. The van der Waals surface area contributed by atoms with E-state index in [0.717, 1.165) is 30.4 Å². The molecule has 0 aliphatic heterocycles. The van der Waals surface area contributed by atoms with E-state index >= 15 is 0 Å². The van der Waals surface area contributed by atoms with E-state index in [1.807, 2.05) is 31.2 Å². The van der Waals surface area contributed by atoms with Gasteiger partial charge in [-0.3, -0.25) is 4.79 Å². The quantitative estimate of drug-likeness (QED) is 0.867. The monoisotopic (exact) mass is 275 g/mol. The number of carboxylic acids is 1. The second-order valence-corrected chi connectivity index (χ2v) is 5.58. The summed E-state index contributed by atoms with van der Waals surface area (Å²) in [6.45, 7) is 3.76. The summed E-state index contributed by atoms with van der Waals surface area (Å²) in [5, 5.41) is 11.8. The topological polar surface area (TPSA) is 66.4 Å². The lowest BCUT2D eigenvalue weighted by atomic mass is 9.63. The molecule has 0 unspecified atom stereocenters. The fourth-order valence-corrected chi connectivity index (χ4v) is 2.75. The van der Waals surface area contributed by atoms with Gasteiger partial charge in [0.05, 0.1) is 5.41 Å². The van der Waals surface area contributed by atoms with Gasteiger partial charge in [-0.15, -0.1) is 0 Å². The zero-order valence-electron chi connectivity index (χ0n) is 12.0. The van der Waals surface area contributed by atoms with Gasteiger partial charge in [0.2, 0.25) is 5.91 Å². The van der Waals surface area contributed by atoms with Crippen molar-refractivity contribution in [2.75, 3.05) is 0 Å². The molecule has 0 spiro atoms. The molecule has 1 amide bonds. The molecule has 1 saturated carbocycles. The van der Waals surface area contributed by atoms with Gasteiger partial charge < -0.3 is 10.4 Å². The van der Waals surface area contributed by atoms with Crippen molar-refractivity contribution in [1.82, 2.24) is 5.32 Å². The van der Waals surface area contributed by atoms with Gasteiger partial charge in [-0.05, 0) is 31.7 Å². The van der Waals surface area contributed by atoms with E-state index < -0.39 is 17.4 Å². The van der Waals surface area contributed by atoms with E-state index in [1.54, 1.807) is 6.92 Å². The Kier molecular flexibility index (Phi) is 4.12. The van der Waals surface area contributed by atoms with E-state index in [2.05, 4.69) is 5.32 Å². The third kappa shape index (κ3) is 2.55. The van der Waals surface area contributed by atoms with Crippen LogP contribution in [-0.2, 0) is 15.0 Å². The summed E-state index contributed by atoms with van der Waals surface area (Å²) in [6, 6.07) is 7.14. The van der Waals surface area contributed by atoms with Gasteiger partial charge in [-0.1, -0.05) is 43.2 Å². The van der Waals surface area contributed by atoms with Crippen molar-refractivity contribution in [3.8, 4) is 0 Å². The number of aryl methyl sites for hydroxylation is 1. The van der Waals surface area contributed by atoms with Gasteiger partial charge in [-0.25, -0.2) is 4.79 Å². The maximum absolute atomic E-state index is 12.6. The molecule has 4 heteroatoms. The van der Waals surface area contributed by atoms with E-state index in [0.29, 0.717) is 6.42 Å². The van der Waals surface area contributed by atoms with Gasteiger partial charge in [0.25, 0.3) is 0 Å². The molecule has 1 fully saturated rings. The fourth-order valence-electron chi connectivity index (χ4n) is 2.75. The van der Waals surface area contributed by atoms with Crippen LogP contribution in [0.2, 0.25) is 0 Å². The highest BCUT2D eigenvalue weighted by atomic mass is 16.4. The zero-order chi connectivity index (χ0) is 14.8. The van der Waals surface area contributed by atoms with Gasteiger partial charge in [0.1, 0.15) is 6.04 Å². The van der Waals surface area contributed by atoms with Crippen LogP contribution in [0.15, 0.2) is 24.3 Å². The highest BCUT2D eigenvalue weighted by Crippen LogP contribution is 2.44. The van der Waals surface area contributed by atoms with Crippen molar-refractivity contribution in [1.29, 1.82) is 0 Å². The number of benzene rings is 1. The predicted octanol–water partition coefficient (Wildman–Crippen LogP) is 2.40. The molecule has 0 aromatic heterocycles. The van der Waals surface area contributed by atoms with Crippen molar-refractivity contribution in [2.45, 2.75) is 51.0 Å². The highest BCUT2D eigenvalue weighted by molar-refractivity contribution is 5.92. The van der Waals surface area contributed by atoms with Crippen LogP contribution in [0, 0.1) is 6.92 Å². The number of amides is 1. The standard InChI is InChI=1S/C16H21NO3/c1-3-13(14(18)19)17-15(20)16(8-5-9-16)12-7-4-6-11(2)10-12/h4,6-7,10,13H,3,5,8-9H2,1-2H3,(H,17,20)(H,18,19)/t13-/m1/s1. The molecule has 20 heavy (non-hydrogen) atoms. The van der Waals surface area contributed by atoms with Crippen LogP contribution in [0.1, 0.15) is 43.7 Å². The molecule has 1 aliphatic carbocycles. The number of aliphatic carboxylic acids is 1. The average Bonchev–Trinajstić information content (AvgIpc) is 2.34. The minimum absolute atomic E-state index is 0.149. The van der Waals surface area contributed by atoms with Crippen LogP contribution in [0.5, 0.6) is 0 Å². The Hall–Kier alpha value is -1.84. The van der Waals surface area contributed by atoms with Crippen molar-refractivity contribution in [3.05, 3.63) is 35.4 Å². The van der Waals surface area contributed by atoms with E-state index in [9.17, 15) is 9.59 Å². The summed E-state index contributed by atoms with van der Waals surface area (Å²) in [5.41, 5.74) is 1.59. The SMILES string of the molecule is CC[C@@H](NC(=O)C1(c2cccc(C)c2)CCC1)C(=O)O. The molecule has 4 nitrogen and oxygen atoms in total. The van der Waals surface area contributed by atoms with Crippen LogP contribution >= 0.6 is 0 Å². The van der Waals surface area contributed by atoms with Crippen molar-refractivity contribution in [3.63, 3.8) is 0 Å². The summed E-state index contributed by atoms with van der Waals surface area (Å²) >= 11 is 0. The fraction of sp³-hybridized carbons (Fsp3) is 0.500. The first-order chi connectivity index (χ1) is 9.49. The van der Waals surface area contributed by atoms with E-state index in [1.165, 1.54) is 0 Å². The molecule has 1 aromatic carbocycles. The van der Waals surface area contributed by atoms with Crippen molar-refractivity contribution >= 4 is 11.9 Å². The Bertz CT molecular complexity index is 520. The number of nitrogens with one attached hydrogen (secondary N) is 1. The summed E-state index contributed by atoms with van der Waals surface area (Å²) in [4.78, 5) is 23.6. The van der Waals surface area contributed by atoms with Crippen LogP contribution < -0.4 is 5.32 Å². The molecule has 2 rings (SSSR count). The van der Waals surface area contributed by atoms with Crippen LogP contribution in [0.25, 0.3) is 0 Å². The van der Waals surface area contributed by atoms with Gasteiger partial charge in [0, 0.05) is 0 Å². The highest BCUT2D eigenvalue weighted by Gasteiger charge is 2.46. The summed E-state index contributed by atoms with van der Waals surface area (Å²) in [7, 11) is 0. The molecule has 1 aromatic rings. The lowest BCUT2D eigenvalue weighted by molar-refractivity contribution is -0.143. The Morgan fingerprint density at radius 3 is 2.55 bits per heavy atom. The number of carbonyl (C=O) groups is 2. The Morgan fingerprint density at radius 1 is 1.40 bits per heavy atom. The van der Waals surface area contributed by atoms with Crippen molar-refractivity contribution in [2.24, 2.45) is 0 Å².